The van der Waals surface area contributed by atoms with Crippen LogP contribution >= 0.6 is 11.6 Å². The fraction of sp³-hybridized carbons (Fsp3) is 0.300. The van der Waals surface area contributed by atoms with E-state index in [1.807, 2.05) is 37.3 Å². The molecule has 26 heavy (non-hydrogen) atoms. The van der Waals surface area contributed by atoms with Gasteiger partial charge in [-0.15, -0.1) is 0 Å². The van der Waals surface area contributed by atoms with Crippen LogP contribution in [0, 0.1) is 0 Å². The first kappa shape index (κ1) is 20.1. The van der Waals surface area contributed by atoms with E-state index in [2.05, 4.69) is 5.32 Å². The van der Waals surface area contributed by atoms with Gasteiger partial charge >= 0.3 is 0 Å². The predicted molar refractivity (Wildman–Crippen MR) is 102 cm³/mol. The first-order valence-electron chi connectivity index (χ1n) is 8.30. The lowest BCUT2D eigenvalue weighted by Crippen LogP contribution is -2.34. The lowest BCUT2D eigenvalue weighted by atomic mass is 9.74. The van der Waals surface area contributed by atoms with E-state index < -0.39 is 23.5 Å². The Hall–Kier alpha value is -2.21. The standard InChI is InChI=1S/C20H23ClN2O3/c1-13(24)23-19(26)15-8-6-14(7-9-15)11-20(2,12-18(22)25)16-4-3-5-17(21)10-16/h3-10,18,25H,11-12,22H2,1-2H3,(H,23,24,26)/t18-,20?/m1/s1. The van der Waals surface area contributed by atoms with Gasteiger partial charge in [-0.05, 0) is 48.2 Å². The normalized spacial score (nSPS) is 14.3. The number of halogens is 1. The fourth-order valence-corrected chi connectivity index (χ4v) is 3.26. The van der Waals surface area contributed by atoms with Gasteiger partial charge in [0.25, 0.3) is 5.91 Å². The monoisotopic (exact) mass is 374 g/mol. The lowest BCUT2D eigenvalue weighted by molar-refractivity contribution is -0.118. The number of nitrogens with two attached hydrogens (primary N) is 1. The van der Waals surface area contributed by atoms with Crippen LogP contribution in [-0.2, 0) is 16.6 Å². The number of imide groups is 1. The van der Waals surface area contributed by atoms with E-state index in [4.69, 9.17) is 17.3 Å². The topological polar surface area (TPSA) is 92.4 Å². The molecule has 4 N–H and O–H groups in total. The van der Waals surface area contributed by atoms with Crippen LogP contribution in [0.2, 0.25) is 5.02 Å². The second-order valence-corrected chi connectivity index (χ2v) is 7.16. The van der Waals surface area contributed by atoms with Crippen molar-refractivity contribution in [3.05, 3.63) is 70.2 Å². The molecule has 2 rings (SSSR count). The summed E-state index contributed by atoms with van der Waals surface area (Å²) in [5.41, 5.74) is 7.60. The second kappa shape index (κ2) is 8.45. The van der Waals surface area contributed by atoms with Crippen LogP contribution in [-0.4, -0.2) is 23.1 Å². The highest BCUT2D eigenvalue weighted by Crippen LogP contribution is 2.33. The van der Waals surface area contributed by atoms with Crippen molar-refractivity contribution in [2.45, 2.75) is 38.3 Å². The number of benzene rings is 2. The summed E-state index contributed by atoms with van der Waals surface area (Å²) < 4.78 is 0. The molecule has 2 aromatic carbocycles. The number of aliphatic hydroxyl groups is 1. The lowest BCUT2D eigenvalue weighted by Gasteiger charge is -2.32. The summed E-state index contributed by atoms with van der Waals surface area (Å²) in [6, 6.07) is 14.5. The van der Waals surface area contributed by atoms with Crippen LogP contribution in [0.25, 0.3) is 0 Å². The fourth-order valence-electron chi connectivity index (χ4n) is 3.07. The molecule has 0 fully saturated rings. The Morgan fingerprint density at radius 3 is 2.42 bits per heavy atom. The molecule has 0 saturated heterocycles. The number of amides is 2. The average molecular weight is 375 g/mol. The molecular weight excluding hydrogens is 352 g/mol. The highest BCUT2D eigenvalue weighted by Gasteiger charge is 2.29. The highest BCUT2D eigenvalue weighted by molar-refractivity contribution is 6.30. The zero-order valence-corrected chi connectivity index (χ0v) is 15.6. The molecule has 2 aromatic rings. The molecule has 138 valence electrons. The third-order valence-corrected chi connectivity index (χ3v) is 4.52. The van der Waals surface area contributed by atoms with Crippen molar-refractivity contribution in [2.75, 3.05) is 0 Å². The summed E-state index contributed by atoms with van der Waals surface area (Å²) in [7, 11) is 0. The molecule has 0 radical (unpaired) electrons. The van der Waals surface area contributed by atoms with Gasteiger partial charge in [0, 0.05) is 22.9 Å². The number of hydrogen-bond donors (Lipinski definition) is 3. The third-order valence-electron chi connectivity index (χ3n) is 4.28. The molecule has 0 bridgehead atoms. The molecule has 6 heteroatoms. The van der Waals surface area contributed by atoms with Crippen LogP contribution in [0.5, 0.6) is 0 Å². The summed E-state index contributed by atoms with van der Waals surface area (Å²) in [6.07, 6.45) is 0.00967. The van der Waals surface area contributed by atoms with Gasteiger partial charge in [-0.1, -0.05) is 42.8 Å². The Morgan fingerprint density at radius 1 is 1.23 bits per heavy atom. The molecule has 0 heterocycles. The van der Waals surface area contributed by atoms with E-state index >= 15 is 0 Å². The summed E-state index contributed by atoms with van der Waals surface area (Å²) in [4.78, 5) is 22.9. The van der Waals surface area contributed by atoms with Crippen molar-refractivity contribution in [3.8, 4) is 0 Å². The van der Waals surface area contributed by atoms with E-state index in [-0.39, 0.29) is 0 Å². The Balaban J connectivity index is 2.26. The van der Waals surface area contributed by atoms with E-state index in [0.717, 1.165) is 11.1 Å². The Labute approximate surface area is 158 Å². The smallest absolute Gasteiger partial charge is 0.257 e. The number of carbonyl (C=O) groups excluding carboxylic acids is 2. The van der Waals surface area contributed by atoms with Gasteiger partial charge in [-0.2, -0.15) is 0 Å². The van der Waals surface area contributed by atoms with Crippen molar-refractivity contribution in [1.82, 2.24) is 5.32 Å². The second-order valence-electron chi connectivity index (χ2n) is 6.73. The summed E-state index contributed by atoms with van der Waals surface area (Å²) in [5.74, 6) is -0.830. The molecule has 0 aromatic heterocycles. The number of hydrogen-bond acceptors (Lipinski definition) is 4. The third kappa shape index (κ3) is 5.39. The summed E-state index contributed by atoms with van der Waals surface area (Å²) >= 11 is 6.12. The Kier molecular flexibility index (Phi) is 6.53. The van der Waals surface area contributed by atoms with Crippen LogP contribution in [0.15, 0.2) is 48.5 Å². The molecule has 5 nitrogen and oxygen atoms in total. The summed E-state index contributed by atoms with van der Waals surface area (Å²) in [6.45, 7) is 3.31. The number of nitrogens with one attached hydrogen (secondary N) is 1. The molecule has 0 aliphatic rings. The maximum atomic E-state index is 11.9. The average Bonchev–Trinajstić information content (AvgIpc) is 2.54. The van der Waals surface area contributed by atoms with Crippen LogP contribution in [0.3, 0.4) is 0 Å². The largest absolute Gasteiger partial charge is 0.379 e. The van der Waals surface area contributed by atoms with Gasteiger partial charge in [-0.3, -0.25) is 14.9 Å². The van der Waals surface area contributed by atoms with Gasteiger partial charge in [0.15, 0.2) is 0 Å². The minimum Gasteiger partial charge on any atom is -0.379 e. The van der Waals surface area contributed by atoms with Gasteiger partial charge < -0.3 is 10.8 Å². The molecule has 2 amide bonds. The maximum absolute atomic E-state index is 11.9. The van der Waals surface area contributed by atoms with Crippen molar-refractivity contribution in [2.24, 2.45) is 5.73 Å². The number of carbonyl (C=O) groups is 2. The minimum atomic E-state index is -0.959. The predicted octanol–water partition coefficient (Wildman–Crippen LogP) is 2.78. The van der Waals surface area contributed by atoms with E-state index in [9.17, 15) is 14.7 Å². The summed E-state index contributed by atoms with van der Waals surface area (Å²) in [5, 5.41) is 12.6. The molecule has 2 atom stereocenters. The quantitative estimate of drug-likeness (QED) is 0.678. The Bertz CT molecular complexity index is 790. The number of aliphatic hydroxyl groups excluding tert-OH is 1. The molecule has 0 saturated carbocycles. The zero-order valence-electron chi connectivity index (χ0n) is 14.8. The zero-order chi connectivity index (χ0) is 19.3. The van der Waals surface area contributed by atoms with E-state index in [1.54, 1.807) is 18.2 Å². The SMILES string of the molecule is CC(=O)NC(=O)c1ccc(CC(C)(C[C@H](N)O)c2cccc(Cl)c2)cc1. The van der Waals surface area contributed by atoms with Gasteiger partial charge in [-0.25, -0.2) is 0 Å². The molecular formula is C20H23ClN2O3. The molecule has 0 aliphatic carbocycles. The minimum absolute atomic E-state index is 0.361. The van der Waals surface area contributed by atoms with Gasteiger partial charge in [0.1, 0.15) is 6.23 Å². The molecule has 1 unspecified atom stereocenters. The van der Waals surface area contributed by atoms with Crippen molar-refractivity contribution in [1.29, 1.82) is 0 Å². The first-order chi connectivity index (χ1) is 12.2. The maximum Gasteiger partial charge on any atom is 0.257 e. The number of rotatable bonds is 6. The van der Waals surface area contributed by atoms with Gasteiger partial charge in [0.05, 0.1) is 0 Å². The molecule has 0 aliphatic heterocycles. The van der Waals surface area contributed by atoms with Crippen molar-refractivity contribution in [3.63, 3.8) is 0 Å². The molecule has 0 spiro atoms. The van der Waals surface area contributed by atoms with Crippen molar-refractivity contribution >= 4 is 23.4 Å². The first-order valence-corrected chi connectivity index (χ1v) is 8.68. The highest BCUT2D eigenvalue weighted by atomic mass is 35.5. The van der Waals surface area contributed by atoms with Crippen molar-refractivity contribution < 1.29 is 14.7 Å². The van der Waals surface area contributed by atoms with Gasteiger partial charge in [0.2, 0.25) is 5.91 Å². The van der Waals surface area contributed by atoms with E-state index in [0.29, 0.717) is 23.4 Å². The van der Waals surface area contributed by atoms with Crippen LogP contribution in [0.1, 0.15) is 41.8 Å². The van der Waals surface area contributed by atoms with Crippen LogP contribution in [0.4, 0.5) is 0 Å². The van der Waals surface area contributed by atoms with E-state index in [1.165, 1.54) is 6.92 Å². The van der Waals surface area contributed by atoms with Crippen LogP contribution < -0.4 is 11.1 Å². The Morgan fingerprint density at radius 2 is 1.88 bits per heavy atom.